The molecular formula is C12H19N3O2. The summed E-state index contributed by atoms with van der Waals surface area (Å²) in [5, 5.41) is 4.00. The van der Waals surface area contributed by atoms with Gasteiger partial charge >= 0.3 is 0 Å². The van der Waals surface area contributed by atoms with Crippen LogP contribution < -0.4 is 0 Å². The Bertz CT molecular complexity index is 389. The molecule has 17 heavy (non-hydrogen) atoms. The van der Waals surface area contributed by atoms with Crippen molar-refractivity contribution in [3.8, 4) is 0 Å². The van der Waals surface area contributed by atoms with Crippen LogP contribution in [0.25, 0.3) is 0 Å². The summed E-state index contributed by atoms with van der Waals surface area (Å²) in [6, 6.07) is 0. The first kappa shape index (κ1) is 12.2. The molecular weight excluding hydrogens is 218 g/mol. The van der Waals surface area contributed by atoms with Gasteiger partial charge in [0.05, 0.1) is 6.42 Å². The van der Waals surface area contributed by atoms with Crippen molar-refractivity contribution >= 4 is 5.78 Å². The van der Waals surface area contributed by atoms with Crippen LogP contribution in [-0.4, -0.2) is 40.5 Å². The molecule has 94 valence electrons. The molecule has 1 aromatic heterocycles. The maximum absolute atomic E-state index is 11.0. The van der Waals surface area contributed by atoms with Crippen LogP contribution >= 0.6 is 0 Å². The standard InChI is InChI=1S/C12H19N3O2/c1-3-15-6-4-5-10(8-15)12-13-11(17-14-12)7-9(2)16/h10H,3-8H2,1-2H3. The first-order valence-corrected chi connectivity index (χ1v) is 6.23. The minimum absolute atomic E-state index is 0.0547. The van der Waals surface area contributed by atoms with Crippen LogP contribution in [0.1, 0.15) is 44.3 Å². The smallest absolute Gasteiger partial charge is 0.234 e. The van der Waals surface area contributed by atoms with Gasteiger partial charge in [-0.15, -0.1) is 0 Å². The monoisotopic (exact) mass is 237 g/mol. The van der Waals surface area contributed by atoms with Gasteiger partial charge in [-0.2, -0.15) is 4.98 Å². The molecule has 5 nitrogen and oxygen atoms in total. The Kier molecular flexibility index (Phi) is 3.89. The highest BCUT2D eigenvalue weighted by Gasteiger charge is 2.24. The SMILES string of the molecule is CCN1CCCC(c2noc(CC(C)=O)n2)C1. The van der Waals surface area contributed by atoms with Gasteiger partial charge in [-0.05, 0) is 32.9 Å². The molecule has 0 spiro atoms. The predicted molar refractivity (Wildman–Crippen MR) is 62.8 cm³/mol. The van der Waals surface area contributed by atoms with Crippen LogP contribution in [-0.2, 0) is 11.2 Å². The summed E-state index contributed by atoms with van der Waals surface area (Å²) < 4.78 is 5.10. The summed E-state index contributed by atoms with van der Waals surface area (Å²) in [4.78, 5) is 17.7. The van der Waals surface area contributed by atoms with Gasteiger partial charge in [-0.3, -0.25) is 4.79 Å². The highest BCUT2D eigenvalue weighted by molar-refractivity contribution is 5.77. The van der Waals surface area contributed by atoms with E-state index in [0.29, 0.717) is 11.8 Å². The number of rotatable bonds is 4. The number of hydrogen-bond donors (Lipinski definition) is 0. The molecule has 0 bridgehead atoms. The van der Waals surface area contributed by atoms with Crippen LogP contribution in [0.3, 0.4) is 0 Å². The molecule has 0 N–H and O–H groups in total. The van der Waals surface area contributed by atoms with Gasteiger partial charge in [-0.1, -0.05) is 12.1 Å². The van der Waals surface area contributed by atoms with Crippen molar-refractivity contribution in [1.29, 1.82) is 0 Å². The summed E-state index contributed by atoms with van der Waals surface area (Å²) >= 11 is 0. The molecule has 1 unspecified atom stereocenters. The molecule has 0 amide bonds. The van der Waals surface area contributed by atoms with Gasteiger partial charge in [0.25, 0.3) is 0 Å². The van der Waals surface area contributed by atoms with Gasteiger partial charge < -0.3 is 9.42 Å². The predicted octanol–water partition coefficient (Wildman–Crippen LogP) is 1.40. The Morgan fingerprint density at radius 1 is 1.59 bits per heavy atom. The van der Waals surface area contributed by atoms with E-state index in [0.717, 1.165) is 31.9 Å². The van der Waals surface area contributed by atoms with E-state index >= 15 is 0 Å². The summed E-state index contributed by atoms with van der Waals surface area (Å²) in [5.41, 5.74) is 0. The fourth-order valence-electron chi connectivity index (χ4n) is 2.27. The third kappa shape index (κ3) is 3.12. The average molecular weight is 237 g/mol. The fraction of sp³-hybridized carbons (Fsp3) is 0.750. The molecule has 1 aromatic rings. The lowest BCUT2D eigenvalue weighted by atomic mass is 9.97. The van der Waals surface area contributed by atoms with E-state index in [-0.39, 0.29) is 12.2 Å². The second-order valence-corrected chi connectivity index (χ2v) is 4.66. The molecule has 0 radical (unpaired) electrons. The average Bonchev–Trinajstić information content (AvgIpc) is 2.77. The molecule has 5 heteroatoms. The number of likely N-dealkylation sites (tertiary alicyclic amines) is 1. The second-order valence-electron chi connectivity index (χ2n) is 4.66. The van der Waals surface area contributed by atoms with Crippen LogP contribution in [0.2, 0.25) is 0 Å². The minimum Gasteiger partial charge on any atom is -0.339 e. The normalized spacial score (nSPS) is 21.6. The summed E-state index contributed by atoms with van der Waals surface area (Å²) in [6.45, 7) is 6.92. The van der Waals surface area contributed by atoms with E-state index in [1.807, 2.05) is 0 Å². The van der Waals surface area contributed by atoms with Gasteiger partial charge in [0.2, 0.25) is 5.89 Å². The quantitative estimate of drug-likeness (QED) is 0.792. The Balaban J connectivity index is 2.01. The Morgan fingerprint density at radius 2 is 2.41 bits per heavy atom. The zero-order valence-electron chi connectivity index (χ0n) is 10.5. The molecule has 0 saturated carbocycles. The Hall–Kier alpha value is -1.23. The van der Waals surface area contributed by atoms with Crippen molar-refractivity contribution in [2.75, 3.05) is 19.6 Å². The highest BCUT2D eigenvalue weighted by atomic mass is 16.5. The number of ketones is 1. The molecule has 1 atom stereocenters. The minimum atomic E-state index is 0.0547. The number of carbonyl (C=O) groups excluding carboxylic acids is 1. The van der Waals surface area contributed by atoms with Crippen LogP contribution in [0, 0.1) is 0 Å². The molecule has 0 aliphatic carbocycles. The van der Waals surface area contributed by atoms with Crippen LogP contribution in [0.4, 0.5) is 0 Å². The molecule has 1 aliphatic heterocycles. The van der Waals surface area contributed by atoms with Gasteiger partial charge in [-0.25, -0.2) is 0 Å². The Labute approximate surface area is 101 Å². The number of carbonyl (C=O) groups is 1. The molecule has 2 rings (SSSR count). The first-order valence-electron chi connectivity index (χ1n) is 6.23. The number of piperidine rings is 1. The first-order chi connectivity index (χ1) is 8.19. The van der Waals surface area contributed by atoms with Crippen molar-refractivity contribution < 1.29 is 9.32 Å². The second kappa shape index (κ2) is 5.40. The molecule has 1 aliphatic rings. The maximum atomic E-state index is 11.0. The lowest BCUT2D eigenvalue weighted by Crippen LogP contribution is -2.34. The third-order valence-electron chi connectivity index (χ3n) is 3.20. The van der Waals surface area contributed by atoms with Gasteiger partial charge in [0, 0.05) is 12.5 Å². The van der Waals surface area contributed by atoms with E-state index in [4.69, 9.17) is 4.52 Å². The number of aromatic nitrogens is 2. The van der Waals surface area contributed by atoms with Crippen molar-refractivity contribution in [2.45, 2.75) is 39.0 Å². The summed E-state index contributed by atoms with van der Waals surface area (Å²) in [5.74, 6) is 1.62. The van der Waals surface area contributed by atoms with E-state index in [1.54, 1.807) is 0 Å². The zero-order chi connectivity index (χ0) is 12.3. The number of Topliss-reactive ketones (excluding diaryl/α,β-unsaturated/α-hetero) is 1. The molecule has 1 fully saturated rings. The number of likely N-dealkylation sites (N-methyl/N-ethyl adjacent to an activating group) is 1. The van der Waals surface area contributed by atoms with Crippen molar-refractivity contribution in [2.24, 2.45) is 0 Å². The van der Waals surface area contributed by atoms with Crippen molar-refractivity contribution in [3.63, 3.8) is 0 Å². The van der Waals surface area contributed by atoms with Crippen LogP contribution in [0.15, 0.2) is 4.52 Å². The van der Waals surface area contributed by atoms with Crippen molar-refractivity contribution in [3.05, 3.63) is 11.7 Å². The number of nitrogens with zero attached hydrogens (tertiary/aromatic N) is 3. The summed E-state index contributed by atoms with van der Waals surface area (Å²) in [7, 11) is 0. The van der Waals surface area contributed by atoms with E-state index in [2.05, 4.69) is 22.0 Å². The van der Waals surface area contributed by atoms with Gasteiger partial charge in [0.1, 0.15) is 5.78 Å². The number of hydrogen-bond acceptors (Lipinski definition) is 5. The van der Waals surface area contributed by atoms with Crippen molar-refractivity contribution in [1.82, 2.24) is 15.0 Å². The fourth-order valence-corrected chi connectivity index (χ4v) is 2.27. The van der Waals surface area contributed by atoms with Crippen LogP contribution in [0.5, 0.6) is 0 Å². The largest absolute Gasteiger partial charge is 0.339 e. The molecule has 0 aromatic carbocycles. The Morgan fingerprint density at radius 3 is 3.12 bits per heavy atom. The lowest BCUT2D eigenvalue weighted by Gasteiger charge is -2.29. The zero-order valence-corrected chi connectivity index (χ0v) is 10.5. The van der Waals surface area contributed by atoms with E-state index in [1.165, 1.54) is 13.3 Å². The molecule has 2 heterocycles. The maximum Gasteiger partial charge on any atom is 0.234 e. The van der Waals surface area contributed by atoms with Gasteiger partial charge in [0.15, 0.2) is 5.82 Å². The van der Waals surface area contributed by atoms with E-state index in [9.17, 15) is 4.79 Å². The lowest BCUT2D eigenvalue weighted by molar-refractivity contribution is -0.116. The van der Waals surface area contributed by atoms with E-state index < -0.39 is 0 Å². The highest BCUT2D eigenvalue weighted by Crippen LogP contribution is 2.24. The summed E-state index contributed by atoms with van der Waals surface area (Å²) in [6.07, 6.45) is 2.53. The topological polar surface area (TPSA) is 59.2 Å². The third-order valence-corrected chi connectivity index (χ3v) is 3.20. The molecule has 1 saturated heterocycles.